The molecule has 0 spiro atoms. The predicted octanol–water partition coefficient (Wildman–Crippen LogP) is 4.44. The van der Waals surface area contributed by atoms with Crippen LogP contribution >= 0.6 is 0 Å². The number of rotatable bonds is 5. The van der Waals surface area contributed by atoms with Gasteiger partial charge in [0, 0.05) is 30.1 Å². The number of ether oxygens (including phenoxy) is 1. The van der Waals surface area contributed by atoms with E-state index in [1.807, 2.05) is 54.3 Å². The van der Waals surface area contributed by atoms with Crippen LogP contribution in [0.25, 0.3) is 16.5 Å². The number of aromatic nitrogens is 4. The molecule has 33 heavy (non-hydrogen) atoms. The molecule has 2 aromatic carbocycles. The van der Waals surface area contributed by atoms with Gasteiger partial charge in [-0.1, -0.05) is 29.8 Å². The fourth-order valence-electron chi connectivity index (χ4n) is 4.50. The van der Waals surface area contributed by atoms with Crippen LogP contribution in [-0.4, -0.2) is 50.0 Å². The summed E-state index contributed by atoms with van der Waals surface area (Å²) in [6.07, 6.45) is 6.96. The lowest BCUT2D eigenvalue weighted by molar-refractivity contribution is 0.0503. The molecule has 4 aromatic rings. The highest BCUT2D eigenvalue weighted by molar-refractivity contribution is 5.98. The van der Waals surface area contributed by atoms with Gasteiger partial charge in [-0.2, -0.15) is 15.0 Å². The van der Waals surface area contributed by atoms with Gasteiger partial charge in [0.15, 0.2) is 0 Å². The highest BCUT2D eigenvalue weighted by atomic mass is 16.5. The number of aryl methyl sites for hydroxylation is 1. The highest BCUT2D eigenvalue weighted by Crippen LogP contribution is 2.28. The molecule has 2 atom stereocenters. The average Bonchev–Trinajstić information content (AvgIpc) is 3.38. The number of carbonyl (C=O) groups is 1. The monoisotopic (exact) mass is 441 g/mol. The molecule has 1 fully saturated rings. The van der Waals surface area contributed by atoms with Crippen molar-refractivity contribution in [2.24, 2.45) is 5.92 Å². The quantitative estimate of drug-likeness (QED) is 0.458. The number of likely N-dealkylation sites (tertiary alicyclic amines) is 1. The van der Waals surface area contributed by atoms with E-state index in [0.717, 1.165) is 29.2 Å². The number of hydrogen-bond acceptors (Lipinski definition) is 5. The van der Waals surface area contributed by atoms with Crippen LogP contribution < -0.4 is 4.74 Å². The third kappa shape index (κ3) is 4.31. The highest BCUT2D eigenvalue weighted by Gasteiger charge is 2.31. The molecule has 0 bridgehead atoms. The molecule has 7 nitrogen and oxygen atoms in total. The summed E-state index contributed by atoms with van der Waals surface area (Å²) in [6.45, 7) is 5.27. The first-order valence-corrected chi connectivity index (χ1v) is 11.3. The Hall–Kier alpha value is -3.74. The van der Waals surface area contributed by atoms with Crippen molar-refractivity contribution in [1.29, 1.82) is 0 Å². The molecular weight excluding hydrogens is 414 g/mol. The minimum atomic E-state index is 0.00601. The van der Waals surface area contributed by atoms with Crippen molar-refractivity contribution in [3.05, 3.63) is 78.2 Å². The number of carbonyl (C=O) groups excluding carboxylic acids is 1. The maximum absolute atomic E-state index is 13.7. The summed E-state index contributed by atoms with van der Waals surface area (Å²) in [4.78, 5) is 21.6. The standard InChI is InChI=1S/C26H27N5O2/c1-18-7-10-24(31-28-13-14-29-31)23(15-18)26(32)30-16-20(9-8-19(30)2)17-33-25-22-6-4-3-5-21(22)11-12-27-25/h3-7,10-15,19-20H,8-9,16-17H2,1-2H3/t19-,20+/m0/s1. The molecule has 1 saturated heterocycles. The van der Waals surface area contributed by atoms with Crippen LogP contribution in [0, 0.1) is 12.8 Å². The molecular formula is C26H27N5O2. The SMILES string of the molecule is Cc1ccc(-n2nccn2)c(C(=O)N2C[C@H](COc3nccc4ccccc34)CC[C@@H]2C)c1. The van der Waals surface area contributed by atoms with Crippen molar-refractivity contribution in [3.63, 3.8) is 0 Å². The summed E-state index contributed by atoms with van der Waals surface area (Å²) in [5.74, 6) is 0.892. The van der Waals surface area contributed by atoms with Gasteiger partial charge in [0.25, 0.3) is 5.91 Å². The minimum absolute atomic E-state index is 0.00601. The summed E-state index contributed by atoms with van der Waals surface area (Å²) < 4.78 is 6.16. The number of benzene rings is 2. The van der Waals surface area contributed by atoms with E-state index in [1.165, 1.54) is 4.80 Å². The zero-order valence-electron chi connectivity index (χ0n) is 18.9. The Kier molecular flexibility index (Phi) is 5.77. The van der Waals surface area contributed by atoms with Gasteiger partial charge in [-0.3, -0.25) is 4.79 Å². The number of hydrogen-bond donors (Lipinski definition) is 0. The Morgan fingerprint density at radius 3 is 2.73 bits per heavy atom. The van der Waals surface area contributed by atoms with Crippen LogP contribution in [0.4, 0.5) is 0 Å². The molecule has 0 aliphatic carbocycles. The lowest BCUT2D eigenvalue weighted by atomic mass is 9.93. The van der Waals surface area contributed by atoms with Crippen LogP contribution in [0.3, 0.4) is 0 Å². The van der Waals surface area contributed by atoms with Crippen molar-refractivity contribution in [3.8, 4) is 11.6 Å². The van der Waals surface area contributed by atoms with Crippen molar-refractivity contribution in [2.45, 2.75) is 32.7 Å². The van der Waals surface area contributed by atoms with Gasteiger partial charge in [0.1, 0.15) is 0 Å². The lowest BCUT2D eigenvalue weighted by Crippen LogP contribution is -2.47. The Morgan fingerprint density at radius 1 is 1.06 bits per heavy atom. The van der Waals surface area contributed by atoms with Crippen LogP contribution in [0.2, 0.25) is 0 Å². The lowest BCUT2D eigenvalue weighted by Gasteiger charge is -2.38. The zero-order valence-corrected chi connectivity index (χ0v) is 18.9. The zero-order chi connectivity index (χ0) is 22.8. The summed E-state index contributed by atoms with van der Waals surface area (Å²) in [5, 5.41) is 10.6. The molecule has 1 amide bonds. The number of pyridine rings is 1. The van der Waals surface area contributed by atoms with E-state index in [4.69, 9.17) is 4.74 Å². The van der Waals surface area contributed by atoms with Gasteiger partial charge < -0.3 is 9.64 Å². The van der Waals surface area contributed by atoms with E-state index in [1.54, 1.807) is 18.6 Å². The van der Waals surface area contributed by atoms with Crippen molar-refractivity contribution < 1.29 is 9.53 Å². The maximum atomic E-state index is 13.7. The van der Waals surface area contributed by atoms with Crippen LogP contribution in [0.15, 0.2) is 67.1 Å². The van der Waals surface area contributed by atoms with Crippen LogP contribution in [-0.2, 0) is 0 Å². The number of nitrogens with zero attached hydrogens (tertiary/aromatic N) is 5. The molecule has 0 unspecified atom stereocenters. The molecule has 1 aliphatic rings. The number of fused-ring (bicyclic) bond motifs is 1. The van der Waals surface area contributed by atoms with Gasteiger partial charge in [-0.15, -0.1) is 0 Å². The molecule has 0 saturated carbocycles. The van der Waals surface area contributed by atoms with Gasteiger partial charge in [0.05, 0.1) is 30.3 Å². The molecule has 0 N–H and O–H groups in total. The topological polar surface area (TPSA) is 73.1 Å². The smallest absolute Gasteiger partial charge is 0.256 e. The van der Waals surface area contributed by atoms with Gasteiger partial charge in [0.2, 0.25) is 5.88 Å². The second-order valence-corrected chi connectivity index (χ2v) is 8.74. The normalized spacial score (nSPS) is 18.4. The second-order valence-electron chi connectivity index (χ2n) is 8.74. The summed E-state index contributed by atoms with van der Waals surface area (Å²) in [6, 6.07) is 16.0. The molecule has 2 aromatic heterocycles. The van der Waals surface area contributed by atoms with Gasteiger partial charge in [-0.05, 0) is 56.3 Å². The van der Waals surface area contributed by atoms with Crippen LogP contribution in [0.1, 0.15) is 35.7 Å². The average molecular weight is 442 g/mol. The number of amides is 1. The fourth-order valence-corrected chi connectivity index (χ4v) is 4.50. The molecule has 5 rings (SSSR count). The van der Waals surface area contributed by atoms with E-state index in [2.05, 4.69) is 28.2 Å². The van der Waals surface area contributed by atoms with E-state index in [9.17, 15) is 4.79 Å². The van der Waals surface area contributed by atoms with E-state index >= 15 is 0 Å². The third-order valence-electron chi connectivity index (χ3n) is 6.35. The Balaban J connectivity index is 1.34. The van der Waals surface area contributed by atoms with Crippen molar-refractivity contribution >= 4 is 16.7 Å². The van der Waals surface area contributed by atoms with Gasteiger partial charge in [-0.25, -0.2) is 4.98 Å². The first kappa shape index (κ1) is 21.1. The van der Waals surface area contributed by atoms with Crippen molar-refractivity contribution in [1.82, 2.24) is 24.9 Å². The predicted molar refractivity (Wildman–Crippen MR) is 127 cm³/mol. The molecule has 7 heteroatoms. The second kappa shape index (κ2) is 9.02. The van der Waals surface area contributed by atoms with E-state index in [-0.39, 0.29) is 17.9 Å². The third-order valence-corrected chi connectivity index (χ3v) is 6.35. The van der Waals surface area contributed by atoms with Gasteiger partial charge >= 0.3 is 0 Å². The van der Waals surface area contributed by atoms with E-state index in [0.29, 0.717) is 30.3 Å². The van der Waals surface area contributed by atoms with Crippen LogP contribution in [0.5, 0.6) is 5.88 Å². The molecule has 1 aliphatic heterocycles. The molecule has 3 heterocycles. The summed E-state index contributed by atoms with van der Waals surface area (Å²) in [5.41, 5.74) is 2.34. The molecule has 168 valence electrons. The Labute approximate surface area is 193 Å². The first-order valence-electron chi connectivity index (χ1n) is 11.3. The summed E-state index contributed by atoms with van der Waals surface area (Å²) in [7, 11) is 0. The Bertz CT molecular complexity index is 1270. The summed E-state index contributed by atoms with van der Waals surface area (Å²) >= 11 is 0. The Morgan fingerprint density at radius 2 is 1.88 bits per heavy atom. The number of piperidine rings is 1. The molecule has 0 radical (unpaired) electrons. The van der Waals surface area contributed by atoms with E-state index < -0.39 is 0 Å². The fraction of sp³-hybridized carbons (Fsp3) is 0.308. The minimum Gasteiger partial charge on any atom is -0.477 e. The maximum Gasteiger partial charge on any atom is 0.256 e. The van der Waals surface area contributed by atoms with Crippen molar-refractivity contribution in [2.75, 3.05) is 13.2 Å². The largest absolute Gasteiger partial charge is 0.477 e. The first-order chi connectivity index (χ1) is 16.1.